The minimum absolute atomic E-state index is 0.790. The van der Waals surface area contributed by atoms with E-state index in [0.29, 0.717) is 0 Å². The van der Waals surface area contributed by atoms with Gasteiger partial charge < -0.3 is 10.2 Å². The van der Waals surface area contributed by atoms with Crippen LogP contribution in [0.25, 0.3) is 0 Å². The van der Waals surface area contributed by atoms with Crippen LogP contribution in [0.15, 0.2) is 0 Å². The zero-order chi connectivity index (χ0) is 9.80. The summed E-state index contributed by atoms with van der Waals surface area (Å²) in [5.41, 5.74) is 0. The lowest BCUT2D eigenvalue weighted by molar-refractivity contribution is 0.133. The predicted molar refractivity (Wildman–Crippen MR) is 60.5 cm³/mol. The SMILES string of the molecule is CNC1CCCCCC1CN1CCC1. The molecule has 2 rings (SSSR count). The molecule has 0 radical (unpaired) electrons. The molecule has 1 aliphatic heterocycles. The lowest BCUT2D eigenvalue weighted by Gasteiger charge is -2.36. The molecule has 2 nitrogen and oxygen atoms in total. The van der Waals surface area contributed by atoms with Crippen molar-refractivity contribution in [3.63, 3.8) is 0 Å². The van der Waals surface area contributed by atoms with Crippen LogP contribution < -0.4 is 5.32 Å². The Morgan fingerprint density at radius 1 is 1.07 bits per heavy atom. The standard InChI is InChI=1S/C12H24N2/c1-13-12-7-4-2-3-6-11(12)10-14-8-5-9-14/h11-13H,2-10H2,1H3. The summed E-state index contributed by atoms with van der Waals surface area (Å²) in [7, 11) is 2.14. The molecule has 1 heterocycles. The second-order valence-electron chi connectivity index (χ2n) is 4.95. The molecule has 82 valence electrons. The molecule has 0 spiro atoms. The molecule has 2 unspecified atom stereocenters. The Bertz CT molecular complexity index is 166. The molecule has 0 amide bonds. The topological polar surface area (TPSA) is 15.3 Å². The van der Waals surface area contributed by atoms with Gasteiger partial charge in [-0.25, -0.2) is 0 Å². The third-order valence-corrected chi connectivity index (χ3v) is 3.97. The number of likely N-dealkylation sites (tertiary alicyclic amines) is 1. The maximum absolute atomic E-state index is 3.52. The molecule has 2 atom stereocenters. The van der Waals surface area contributed by atoms with Gasteiger partial charge in [-0.2, -0.15) is 0 Å². The first-order valence-electron chi connectivity index (χ1n) is 6.30. The summed E-state index contributed by atoms with van der Waals surface area (Å²) in [4.78, 5) is 2.63. The molecule has 0 bridgehead atoms. The van der Waals surface area contributed by atoms with Crippen molar-refractivity contribution in [1.82, 2.24) is 10.2 Å². The molecule has 1 saturated heterocycles. The third kappa shape index (κ3) is 2.48. The molecule has 0 aromatic carbocycles. The van der Waals surface area contributed by atoms with Crippen LogP contribution in [0.3, 0.4) is 0 Å². The van der Waals surface area contributed by atoms with Crippen LogP contribution in [-0.2, 0) is 0 Å². The predicted octanol–water partition coefficient (Wildman–Crippen LogP) is 1.86. The molecule has 2 aliphatic rings. The second kappa shape index (κ2) is 5.13. The molecular formula is C12H24N2. The van der Waals surface area contributed by atoms with E-state index in [0.717, 1.165) is 12.0 Å². The first kappa shape index (κ1) is 10.4. The Morgan fingerprint density at radius 3 is 2.50 bits per heavy atom. The molecule has 1 N–H and O–H groups in total. The molecule has 1 aliphatic carbocycles. The van der Waals surface area contributed by atoms with Gasteiger partial charge >= 0.3 is 0 Å². The smallest absolute Gasteiger partial charge is 0.0104 e. The van der Waals surface area contributed by atoms with Gasteiger partial charge in [-0.1, -0.05) is 19.3 Å². The highest BCUT2D eigenvalue weighted by atomic mass is 15.2. The molecule has 0 aromatic rings. The minimum Gasteiger partial charge on any atom is -0.317 e. The van der Waals surface area contributed by atoms with Gasteiger partial charge in [-0.05, 0) is 45.3 Å². The van der Waals surface area contributed by atoms with Gasteiger partial charge in [0.25, 0.3) is 0 Å². The van der Waals surface area contributed by atoms with Gasteiger partial charge in [0, 0.05) is 12.6 Å². The summed E-state index contributed by atoms with van der Waals surface area (Å²) in [5, 5.41) is 3.52. The number of hydrogen-bond donors (Lipinski definition) is 1. The zero-order valence-electron chi connectivity index (χ0n) is 9.47. The average Bonchev–Trinajstić information content (AvgIpc) is 2.35. The number of nitrogens with one attached hydrogen (secondary N) is 1. The van der Waals surface area contributed by atoms with E-state index in [9.17, 15) is 0 Å². The van der Waals surface area contributed by atoms with Gasteiger partial charge in [0.1, 0.15) is 0 Å². The maximum Gasteiger partial charge on any atom is 0.0104 e. The summed E-state index contributed by atoms with van der Waals surface area (Å²) in [5.74, 6) is 0.919. The quantitative estimate of drug-likeness (QED) is 0.693. The van der Waals surface area contributed by atoms with E-state index in [2.05, 4.69) is 17.3 Å². The van der Waals surface area contributed by atoms with Crippen LogP contribution in [0.4, 0.5) is 0 Å². The first-order chi connectivity index (χ1) is 6.90. The Hall–Kier alpha value is -0.0800. The van der Waals surface area contributed by atoms with Crippen molar-refractivity contribution < 1.29 is 0 Å². The monoisotopic (exact) mass is 196 g/mol. The van der Waals surface area contributed by atoms with Crippen LogP contribution in [0, 0.1) is 5.92 Å². The number of nitrogens with zero attached hydrogens (tertiary/aromatic N) is 1. The fourth-order valence-corrected chi connectivity index (χ4v) is 2.88. The fraction of sp³-hybridized carbons (Fsp3) is 1.00. The van der Waals surface area contributed by atoms with Crippen LogP contribution in [0.5, 0.6) is 0 Å². The molecule has 2 fully saturated rings. The Balaban J connectivity index is 1.83. The molecule has 14 heavy (non-hydrogen) atoms. The van der Waals surface area contributed by atoms with E-state index in [4.69, 9.17) is 0 Å². The first-order valence-corrected chi connectivity index (χ1v) is 6.30. The van der Waals surface area contributed by atoms with Crippen molar-refractivity contribution in [1.29, 1.82) is 0 Å². The molecule has 1 saturated carbocycles. The van der Waals surface area contributed by atoms with Crippen LogP contribution in [0.2, 0.25) is 0 Å². The van der Waals surface area contributed by atoms with Crippen LogP contribution >= 0.6 is 0 Å². The minimum atomic E-state index is 0.790. The third-order valence-electron chi connectivity index (χ3n) is 3.97. The molecule has 0 aromatic heterocycles. The fourth-order valence-electron chi connectivity index (χ4n) is 2.88. The molecular weight excluding hydrogens is 172 g/mol. The normalized spacial score (nSPS) is 34.9. The largest absolute Gasteiger partial charge is 0.317 e. The summed E-state index contributed by atoms with van der Waals surface area (Å²) in [6.07, 6.45) is 8.61. The van der Waals surface area contributed by atoms with Crippen molar-refractivity contribution in [3.05, 3.63) is 0 Å². The highest BCUT2D eigenvalue weighted by Gasteiger charge is 2.26. The highest BCUT2D eigenvalue weighted by Crippen LogP contribution is 2.25. The Morgan fingerprint density at radius 2 is 1.86 bits per heavy atom. The van der Waals surface area contributed by atoms with E-state index < -0.39 is 0 Å². The van der Waals surface area contributed by atoms with Gasteiger partial charge in [-0.3, -0.25) is 0 Å². The summed E-state index contributed by atoms with van der Waals surface area (Å²) in [6.45, 7) is 4.06. The van der Waals surface area contributed by atoms with Crippen LogP contribution in [0.1, 0.15) is 38.5 Å². The van der Waals surface area contributed by atoms with Crippen LogP contribution in [-0.4, -0.2) is 37.6 Å². The maximum atomic E-state index is 3.52. The lowest BCUT2D eigenvalue weighted by atomic mass is 9.93. The zero-order valence-corrected chi connectivity index (χ0v) is 9.47. The Labute approximate surface area is 88.1 Å². The van der Waals surface area contributed by atoms with Gasteiger partial charge in [0.15, 0.2) is 0 Å². The average molecular weight is 196 g/mol. The van der Waals surface area contributed by atoms with Crippen molar-refractivity contribution >= 4 is 0 Å². The van der Waals surface area contributed by atoms with Gasteiger partial charge in [0.2, 0.25) is 0 Å². The van der Waals surface area contributed by atoms with Crippen molar-refractivity contribution in [3.8, 4) is 0 Å². The lowest BCUT2D eigenvalue weighted by Crippen LogP contribution is -2.45. The van der Waals surface area contributed by atoms with Gasteiger partial charge in [-0.15, -0.1) is 0 Å². The second-order valence-corrected chi connectivity index (χ2v) is 4.95. The summed E-state index contributed by atoms with van der Waals surface area (Å²) in [6, 6.07) is 0.790. The van der Waals surface area contributed by atoms with E-state index in [1.807, 2.05) is 0 Å². The summed E-state index contributed by atoms with van der Waals surface area (Å²) < 4.78 is 0. The van der Waals surface area contributed by atoms with E-state index in [1.165, 1.54) is 58.2 Å². The van der Waals surface area contributed by atoms with E-state index in [-0.39, 0.29) is 0 Å². The number of hydrogen-bond acceptors (Lipinski definition) is 2. The van der Waals surface area contributed by atoms with Crippen molar-refractivity contribution in [2.75, 3.05) is 26.7 Å². The number of rotatable bonds is 3. The van der Waals surface area contributed by atoms with E-state index in [1.54, 1.807) is 0 Å². The van der Waals surface area contributed by atoms with Gasteiger partial charge in [0.05, 0.1) is 0 Å². The van der Waals surface area contributed by atoms with Crippen molar-refractivity contribution in [2.24, 2.45) is 5.92 Å². The Kier molecular flexibility index (Phi) is 3.82. The van der Waals surface area contributed by atoms with E-state index >= 15 is 0 Å². The summed E-state index contributed by atoms with van der Waals surface area (Å²) >= 11 is 0. The van der Waals surface area contributed by atoms with Crippen molar-refractivity contribution in [2.45, 2.75) is 44.6 Å². The molecule has 2 heteroatoms. The highest BCUT2D eigenvalue weighted by molar-refractivity contribution is 4.82.